The van der Waals surface area contributed by atoms with Crippen LogP contribution in [0.25, 0.3) is 5.57 Å². The molecule has 35 heavy (non-hydrogen) atoms. The zero-order valence-corrected chi connectivity index (χ0v) is 21.4. The number of nitrogens with one attached hydrogen (secondary N) is 1. The summed E-state index contributed by atoms with van der Waals surface area (Å²) >= 11 is 2.67. The number of esters is 2. The fourth-order valence-electron chi connectivity index (χ4n) is 3.54. The van der Waals surface area contributed by atoms with Gasteiger partial charge in [-0.2, -0.15) is 0 Å². The smallest absolute Gasteiger partial charge is 0.357 e. The molecule has 2 amide bonds. The number of hydrogen-bond acceptors (Lipinski definition) is 10. The lowest BCUT2D eigenvalue weighted by Crippen LogP contribution is -2.70. The van der Waals surface area contributed by atoms with Crippen molar-refractivity contribution in [2.45, 2.75) is 51.4 Å². The highest BCUT2D eigenvalue weighted by Gasteiger charge is 2.53. The quantitative estimate of drug-likeness (QED) is 0.228. The minimum Gasteiger partial charge on any atom is -0.427 e. The number of nitrogens with two attached hydrogens (primary N) is 1. The van der Waals surface area contributed by atoms with Gasteiger partial charge in [0.2, 0.25) is 6.79 Å². The zero-order valence-electron chi connectivity index (χ0n) is 19.7. The molecule has 1 saturated heterocycles. The van der Waals surface area contributed by atoms with Gasteiger partial charge in [-0.25, -0.2) is 9.78 Å². The Morgan fingerprint density at radius 3 is 2.66 bits per heavy atom. The summed E-state index contributed by atoms with van der Waals surface area (Å²) in [5.74, 6) is -1.05. The van der Waals surface area contributed by atoms with Crippen LogP contribution in [0.1, 0.15) is 45.7 Å². The van der Waals surface area contributed by atoms with Gasteiger partial charge in [0.1, 0.15) is 17.1 Å². The standard InChI is InChI=1S/C23H28N4O6S2/c1-23(2,3)21(31)33-11-32-20(30)15-8-9-34-19-16(18(29)27(15)19)26-17(28)13(7-6-12-4-5-12)14-10-35-22(24)25-14/h7-8,10,12,16,19H,4-6,9,11H2,1-3H3,(H2,24,25)(H,26,28)/b13-7-. The number of β-lactam (4-membered cyclic amide) rings is 1. The van der Waals surface area contributed by atoms with E-state index in [-0.39, 0.29) is 5.70 Å². The topological polar surface area (TPSA) is 141 Å². The van der Waals surface area contributed by atoms with Crippen LogP contribution in [0.5, 0.6) is 0 Å². The maximum absolute atomic E-state index is 13.1. The number of aromatic nitrogens is 1. The first-order chi connectivity index (χ1) is 16.6. The average molecular weight is 521 g/mol. The minimum absolute atomic E-state index is 0.0767. The fourth-order valence-corrected chi connectivity index (χ4v) is 5.30. The number of hydrogen-bond donors (Lipinski definition) is 2. The normalized spacial score (nSPS) is 22.0. The number of nitrogens with zero attached hydrogens (tertiary/aromatic N) is 2. The predicted molar refractivity (Wildman–Crippen MR) is 131 cm³/mol. The minimum atomic E-state index is -0.789. The third-order valence-corrected chi connectivity index (χ3v) is 7.59. The molecule has 3 aliphatic rings. The van der Waals surface area contributed by atoms with Crippen LogP contribution in [0.2, 0.25) is 0 Å². The number of fused-ring (bicyclic) bond motifs is 1. The Kier molecular flexibility index (Phi) is 7.22. The number of allylic oxidation sites excluding steroid dienone is 1. The monoisotopic (exact) mass is 520 g/mol. The summed E-state index contributed by atoms with van der Waals surface area (Å²) in [4.78, 5) is 56.0. The Bertz CT molecular complexity index is 1100. The van der Waals surface area contributed by atoms with Crippen LogP contribution in [0.15, 0.2) is 23.2 Å². The summed E-state index contributed by atoms with van der Waals surface area (Å²) in [6.45, 7) is 4.52. The number of ether oxygens (including phenoxy) is 2. The molecular formula is C23H28N4O6S2. The Balaban J connectivity index is 1.37. The van der Waals surface area contributed by atoms with Crippen molar-refractivity contribution in [2.75, 3.05) is 18.3 Å². The number of amides is 2. The third-order valence-electron chi connectivity index (χ3n) is 5.73. The number of nitrogen functional groups attached to an aromatic ring is 1. The van der Waals surface area contributed by atoms with Crippen molar-refractivity contribution in [3.8, 4) is 0 Å². The summed E-state index contributed by atoms with van der Waals surface area (Å²) < 4.78 is 10.0. The molecule has 12 heteroatoms. The molecule has 3 N–H and O–H groups in total. The molecule has 4 rings (SSSR count). The Labute approximate surface area is 211 Å². The van der Waals surface area contributed by atoms with Gasteiger partial charge < -0.3 is 20.5 Å². The summed E-state index contributed by atoms with van der Waals surface area (Å²) in [6.07, 6.45) is 6.49. The molecule has 1 aromatic heterocycles. The number of rotatable bonds is 8. The van der Waals surface area contributed by atoms with Gasteiger partial charge in [-0.3, -0.25) is 19.3 Å². The number of carbonyl (C=O) groups is 4. The second kappa shape index (κ2) is 10.0. The third kappa shape index (κ3) is 5.69. The summed E-state index contributed by atoms with van der Waals surface area (Å²) in [6, 6.07) is -0.789. The molecule has 2 aliphatic heterocycles. The van der Waals surface area contributed by atoms with Crippen molar-refractivity contribution < 1.29 is 28.7 Å². The largest absolute Gasteiger partial charge is 0.427 e. The second-order valence-electron chi connectivity index (χ2n) is 9.57. The van der Waals surface area contributed by atoms with Crippen molar-refractivity contribution in [3.05, 3.63) is 28.9 Å². The van der Waals surface area contributed by atoms with Gasteiger partial charge in [0.25, 0.3) is 11.8 Å². The van der Waals surface area contributed by atoms with E-state index in [4.69, 9.17) is 15.2 Å². The molecule has 0 bridgehead atoms. The van der Waals surface area contributed by atoms with Crippen molar-refractivity contribution in [1.82, 2.24) is 15.2 Å². The van der Waals surface area contributed by atoms with Gasteiger partial charge in [0.05, 0.1) is 16.7 Å². The zero-order chi connectivity index (χ0) is 25.3. The average Bonchev–Trinajstić information content (AvgIpc) is 3.54. The van der Waals surface area contributed by atoms with Gasteiger partial charge in [0, 0.05) is 11.1 Å². The van der Waals surface area contributed by atoms with Gasteiger partial charge >= 0.3 is 11.9 Å². The van der Waals surface area contributed by atoms with Crippen molar-refractivity contribution in [1.29, 1.82) is 0 Å². The first-order valence-electron chi connectivity index (χ1n) is 11.3. The molecular weight excluding hydrogens is 492 g/mol. The number of thiazole rings is 1. The molecule has 1 aliphatic carbocycles. The van der Waals surface area contributed by atoms with Crippen LogP contribution >= 0.6 is 23.1 Å². The van der Waals surface area contributed by atoms with E-state index in [0.29, 0.717) is 28.1 Å². The molecule has 2 fully saturated rings. The molecule has 0 spiro atoms. The van der Waals surface area contributed by atoms with Crippen molar-refractivity contribution in [3.63, 3.8) is 0 Å². The van der Waals surface area contributed by atoms with Crippen LogP contribution in [-0.2, 0) is 28.7 Å². The summed E-state index contributed by atoms with van der Waals surface area (Å²) in [5, 5.41) is 4.45. The molecule has 3 heterocycles. The lowest BCUT2D eigenvalue weighted by atomic mass is 9.98. The maximum atomic E-state index is 13.1. The lowest BCUT2D eigenvalue weighted by Gasteiger charge is -2.48. The van der Waals surface area contributed by atoms with E-state index in [1.807, 2.05) is 6.08 Å². The Morgan fingerprint density at radius 2 is 2.03 bits per heavy atom. The summed E-state index contributed by atoms with van der Waals surface area (Å²) in [5.41, 5.74) is 5.99. The van der Waals surface area contributed by atoms with Gasteiger partial charge in [-0.05, 0) is 52.0 Å². The SMILES string of the molecule is CC(C)(C)C(=O)OCOC(=O)C1=CCSC2C(NC(=O)/C(=C\CC3CC3)c3csc(N)n3)C(=O)N12. The molecule has 2 atom stereocenters. The number of thioether (sulfide) groups is 1. The second-order valence-corrected chi connectivity index (χ2v) is 11.6. The van der Waals surface area contributed by atoms with Gasteiger partial charge in [0.15, 0.2) is 5.13 Å². The Hall–Kier alpha value is -2.86. The van der Waals surface area contributed by atoms with E-state index in [9.17, 15) is 19.2 Å². The molecule has 188 valence electrons. The van der Waals surface area contributed by atoms with E-state index in [1.54, 1.807) is 32.2 Å². The van der Waals surface area contributed by atoms with Crippen LogP contribution in [0.3, 0.4) is 0 Å². The summed E-state index contributed by atoms with van der Waals surface area (Å²) in [7, 11) is 0. The highest BCUT2D eigenvalue weighted by Crippen LogP contribution is 2.38. The van der Waals surface area contributed by atoms with Gasteiger partial charge in [-0.15, -0.1) is 23.1 Å². The van der Waals surface area contributed by atoms with Gasteiger partial charge in [-0.1, -0.05) is 6.08 Å². The highest BCUT2D eigenvalue weighted by molar-refractivity contribution is 8.00. The van der Waals surface area contributed by atoms with E-state index < -0.39 is 47.4 Å². The highest BCUT2D eigenvalue weighted by atomic mass is 32.2. The van der Waals surface area contributed by atoms with E-state index >= 15 is 0 Å². The lowest BCUT2D eigenvalue weighted by molar-refractivity contribution is -0.173. The molecule has 0 radical (unpaired) electrons. The first kappa shape index (κ1) is 25.2. The fraction of sp³-hybridized carbons (Fsp3) is 0.522. The van der Waals surface area contributed by atoms with Crippen LogP contribution < -0.4 is 11.1 Å². The molecule has 10 nitrogen and oxygen atoms in total. The number of anilines is 1. The van der Waals surface area contributed by atoms with Crippen LogP contribution in [0.4, 0.5) is 5.13 Å². The molecule has 1 aromatic rings. The van der Waals surface area contributed by atoms with E-state index in [1.165, 1.54) is 28.0 Å². The first-order valence-corrected chi connectivity index (χ1v) is 13.2. The van der Waals surface area contributed by atoms with Crippen molar-refractivity contribution in [2.24, 2.45) is 11.3 Å². The number of carbonyl (C=O) groups excluding carboxylic acids is 4. The van der Waals surface area contributed by atoms with Crippen molar-refractivity contribution >= 4 is 57.6 Å². The molecule has 0 aromatic carbocycles. The van der Waals surface area contributed by atoms with Crippen LogP contribution in [0, 0.1) is 11.3 Å². The molecule has 2 unspecified atom stereocenters. The van der Waals surface area contributed by atoms with Crippen LogP contribution in [-0.4, -0.2) is 57.6 Å². The Morgan fingerprint density at radius 1 is 1.29 bits per heavy atom. The van der Waals surface area contributed by atoms with E-state index in [2.05, 4.69) is 10.3 Å². The van der Waals surface area contributed by atoms with E-state index in [0.717, 1.165) is 19.3 Å². The molecule has 1 saturated carbocycles. The maximum Gasteiger partial charge on any atom is 0.357 e. The predicted octanol–water partition coefficient (Wildman–Crippen LogP) is 2.28.